The van der Waals surface area contributed by atoms with Gasteiger partial charge in [0.1, 0.15) is 11.3 Å². The van der Waals surface area contributed by atoms with Gasteiger partial charge < -0.3 is 18.8 Å². The van der Waals surface area contributed by atoms with Crippen LogP contribution in [0.3, 0.4) is 0 Å². The van der Waals surface area contributed by atoms with E-state index in [2.05, 4.69) is 0 Å². The van der Waals surface area contributed by atoms with E-state index < -0.39 is 5.97 Å². The molecule has 0 aliphatic carbocycles. The lowest BCUT2D eigenvalue weighted by Gasteiger charge is -2.16. The highest BCUT2D eigenvalue weighted by Crippen LogP contribution is 2.29. The Morgan fingerprint density at radius 3 is 2.78 bits per heavy atom. The summed E-state index contributed by atoms with van der Waals surface area (Å²) >= 11 is 1.57. The fourth-order valence-corrected chi connectivity index (χ4v) is 3.36. The number of thiophene rings is 1. The Morgan fingerprint density at radius 1 is 1.26 bits per heavy atom. The van der Waals surface area contributed by atoms with Crippen molar-refractivity contribution in [1.29, 1.82) is 0 Å². The summed E-state index contributed by atoms with van der Waals surface area (Å²) in [6.07, 6.45) is 0. The predicted octanol–water partition coefficient (Wildman–Crippen LogP) is 4.02. The zero-order valence-electron chi connectivity index (χ0n) is 15.5. The molecule has 0 atom stereocenters. The average molecular weight is 387 g/mol. The Morgan fingerprint density at radius 2 is 2.07 bits per heavy atom. The largest absolute Gasteiger partial charge is 0.494 e. The second kappa shape index (κ2) is 8.26. The van der Waals surface area contributed by atoms with Crippen molar-refractivity contribution in [2.75, 3.05) is 20.3 Å². The van der Waals surface area contributed by atoms with Crippen LogP contribution in [0.5, 0.6) is 5.75 Å². The minimum absolute atomic E-state index is 0.104. The standard InChI is InChI=1S/C20H21NO5S/c1-4-24-15-5-6-17-16(9-15)13(2)19(26-17)20(23)25-11-18(22)21(3)10-14-7-8-27-12-14/h5-9,12H,4,10-11H2,1-3H3. The average Bonchev–Trinajstić information content (AvgIpc) is 3.28. The molecule has 0 saturated heterocycles. The first-order valence-electron chi connectivity index (χ1n) is 8.57. The number of carbonyl (C=O) groups is 2. The van der Waals surface area contributed by atoms with Gasteiger partial charge >= 0.3 is 5.97 Å². The van der Waals surface area contributed by atoms with Crippen molar-refractivity contribution in [3.05, 3.63) is 51.9 Å². The highest BCUT2D eigenvalue weighted by Gasteiger charge is 2.21. The van der Waals surface area contributed by atoms with E-state index in [0.29, 0.717) is 30.0 Å². The van der Waals surface area contributed by atoms with E-state index in [1.165, 1.54) is 4.90 Å². The van der Waals surface area contributed by atoms with Crippen LogP contribution in [-0.4, -0.2) is 37.0 Å². The number of aryl methyl sites for hydroxylation is 1. The van der Waals surface area contributed by atoms with Crippen LogP contribution in [0.2, 0.25) is 0 Å². The van der Waals surface area contributed by atoms with Crippen molar-refractivity contribution in [2.24, 2.45) is 0 Å². The van der Waals surface area contributed by atoms with Gasteiger partial charge in [-0.1, -0.05) is 0 Å². The highest BCUT2D eigenvalue weighted by atomic mass is 32.1. The Bertz CT molecular complexity index is 945. The molecule has 0 fully saturated rings. The molecule has 0 spiro atoms. The van der Waals surface area contributed by atoms with Gasteiger partial charge in [0.05, 0.1) is 6.61 Å². The zero-order valence-corrected chi connectivity index (χ0v) is 16.3. The molecule has 0 N–H and O–H groups in total. The lowest BCUT2D eigenvalue weighted by atomic mass is 10.1. The van der Waals surface area contributed by atoms with Gasteiger partial charge in [0.25, 0.3) is 5.91 Å². The smallest absolute Gasteiger partial charge is 0.375 e. The normalized spacial score (nSPS) is 10.8. The lowest BCUT2D eigenvalue weighted by molar-refractivity contribution is -0.133. The van der Waals surface area contributed by atoms with Gasteiger partial charge in [-0.05, 0) is 54.4 Å². The van der Waals surface area contributed by atoms with Crippen LogP contribution < -0.4 is 4.74 Å². The van der Waals surface area contributed by atoms with Crippen LogP contribution >= 0.6 is 11.3 Å². The number of hydrogen-bond acceptors (Lipinski definition) is 6. The van der Waals surface area contributed by atoms with Crippen LogP contribution in [0.15, 0.2) is 39.4 Å². The van der Waals surface area contributed by atoms with Crippen molar-refractivity contribution in [3.63, 3.8) is 0 Å². The van der Waals surface area contributed by atoms with Crippen LogP contribution in [0, 0.1) is 6.92 Å². The minimum atomic E-state index is -0.654. The molecule has 0 bridgehead atoms. The van der Waals surface area contributed by atoms with E-state index in [9.17, 15) is 9.59 Å². The molecule has 142 valence electrons. The topological polar surface area (TPSA) is 69.0 Å². The molecule has 6 nitrogen and oxygen atoms in total. The summed E-state index contributed by atoms with van der Waals surface area (Å²) in [6.45, 7) is 4.38. The number of furan rings is 1. The second-order valence-corrected chi connectivity index (χ2v) is 6.88. The maximum atomic E-state index is 12.4. The fourth-order valence-electron chi connectivity index (χ4n) is 2.70. The van der Waals surface area contributed by atoms with E-state index in [4.69, 9.17) is 13.9 Å². The van der Waals surface area contributed by atoms with E-state index in [-0.39, 0.29) is 18.3 Å². The second-order valence-electron chi connectivity index (χ2n) is 6.10. The predicted molar refractivity (Wildman–Crippen MR) is 103 cm³/mol. The summed E-state index contributed by atoms with van der Waals surface area (Å²) in [6, 6.07) is 7.32. The zero-order chi connectivity index (χ0) is 19.4. The van der Waals surface area contributed by atoms with Gasteiger partial charge in [0.2, 0.25) is 5.76 Å². The van der Waals surface area contributed by atoms with Crippen molar-refractivity contribution in [2.45, 2.75) is 20.4 Å². The Kier molecular flexibility index (Phi) is 5.81. The maximum Gasteiger partial charge on any atom is 0.375 e. The van der Waals surface area contributed by atoms with Crippen LogP contribution in [0.25, 0.3) is 11.0 Å². The molecule has 0 aliphatic rings. The third kappa shape index (κ3) is 4.31. The van der Waals surface area contributed by atoms with Crippen LogP contribution in [0.4, 0.5) is 0 Å². The number of ether oxygens (including phenoxy) is 2. The molecule has 0 aliphatic heterocycles. The number of nitrogens with zero attached hydrogens (tertiary/aromatic N) is 1. The Labute approximate surface area is 161 Å². The van der Waals surface area contributed by atoms with Gasteiger partial charge in [0.15, 0.2) is 6.61 Å². The number of fused-ring (bicyclic) bond motifs is 1. The number of likely N-dealkylation sites (N-methyl/N-ethyl adjacent to an activating group) is 1. The fraction of sp³-hybridized carbons (Fsp3) is 0.300. The van der Waals surface area contributed by atoms with E-state index in [0.717, 1.165) is 10.9 Å². The first kappa shape index (κ1) is 19.0. The van der Waals surface area contributed by atoms with Gasteiger partial charge in [-0.25, -0.2) is 4.79 Å². The summed E-state index contributed by atoms with van der Waals surface area (Å²) in [5.41, 5.74) is 2.28. The quantitative estimate of drug-likeness (QED) is 0.573. The first-order chi connectivity index (χ1) is 13.0. The third-order valence-electron chi connectivity index (χ3n) is 4.16. The van der Waals surface area contributed by atoms with Gasteiger partial charge in [0, 0.05) is 24.5 Å². The van der Waals surface area contributed by atoms with Crippen molar-refractivity contribution in [1.82, 2.24) is 4.90 Å². The Hall–Kier alpha value is -2.80. The summed E-state index contributed by atoms with van der Waals surface area (Å²) in [5.74, 6) is -0.119. The van der Waals surface area contributed by atoms with Gasteiger partial charge in [-0.15, -0.1) is 0 Å². The molecular formula is C20H21NO5S. The molecule has 27 heavy (non-hydrogen) atoms. The van der Waals surface area contributed by atoms with Crippen LogP contribution in [0.1, 0.15) is 28.6 Å². The monoisotopic (exact) mass is 387 g/mol. The molecule has 2 aromatic heterocycles. The third-order valence-corrected chi connectivity index (χ3v) is 4.89. The highest BCUT2D eigenvalue weighted by molar-refractivity contribution is 7.07. The molecule has 1 aromatic carbocycles. The lowest BCUT2D eigenvalue weighted by Crippen LogP contribution is -2.30. The number of amides is 1. The molecule has 2 heterocycles. The summed E-state index contributed by atoms with van der Waals surface area (Å²) in [4.78, 5) is 26.1. The van der Waals surface area contributed by atoms with Crippen molar-refractivity contribution in [3.8, 4) is 5.75 Å². The van der Waals surface area contributed by atoms with E-state index in [1.807, 2.05) is 29.8 Å². The van der Waals surface area contributed by atoms with Crippen molar-refractivity contribution < 1.29 is 23.5 Å². The molecule has 0 saturated carbocycles. The number of hydrogen-bond donors (Lipinski definition) is 0. The molecule has 1 amide bonds. The molecule has 3 aromatic rings. The molecule has 7 heteroatoms. The maximum absolute atomic E-state index is 12.4. The summed E-state index contributed by atoms with van der Waals surface area (Å²) in [7, 11) is 1.68. The SMILES string of the molecule is CCOc1ccc2oc(C(=O)OCC(=O)N(C)Cc3ccsc3)c(C)c2c1. The summed E-state index contributed by atoms with van der Waals surface area (Å²) in [5, 5.41) is 4.72. The van der Waals surface area contributed by atoms with E-state index >= 15 is 0 Å². The molecule has 0 unspecified atom stereocenters. The number of rotatable bonds is 7. The summed E-state index contributed by atoms with van der Waals surface area (Å²) < 4.78 is 16.3. The van der Waals surface area contributed by atoms with Crippen molar-refractivity contribution >= 4 is 34.2 Å². The first-order valence-corrected chi connectivity index (χ1v) is 9.52. The molecular weight excluding hydrogens is 366 g/mol. The number of carbonyl (C=O) groups excluding carboxylic acids is 2. The number of benzene rings is 1. The van der Waals surface area contributed by atoms with Gasteiger partial charge in [-0.3, -0.25) is 4.79 Å². The minimum Gasteiger partial charge on any atom is -0.494 e. The Balaban J connectivity index is 1.65. The van der Waals surface area contributed by atoms with E-state index in [1.54, 1.807) is 37.4 Å². The molecule has 0 radical (unpaired) electrons. The van der Waals surface area contributed by atoms with Gasteiger partial charge in [-0.2, -0.15) is 11.3 Å². The molecule has 3 rings (SSSR count). The number of esters is 1. The van der Waals surface area contributed by atoms with Crippen LogP contribution in [-0.2, 0) is 16.1 Å².